The van der Waals surface area contributed by atoms with Crippen molar-refractivity contribution in [2.75, 3.05) is 4.90 Å². The van der Waals surface area contributed by atoms with Gasteiger partial charge in [-0.3, -0.25) is 0 Å². The largest absolute Gasteiger partial charge is 0.310 e. The molecule has 0 radical (unpaired) electrons. The molecular formula is C54H34N2S. The van der Waals surface area contributed by atoms with Crippen LogP contribution in [0.1, 0.15) is 0 Å². The third-order valence-corrected chi connectivity index (χ3v) is 12.9. The van der Waals surface area contributed by atoms with Crippen molar-refractivity contribution < 1.29 is 0 Å². The van der Waals surface area contributed by atoms with E-state index in [-0.39, 0.29) is 0 Å². The van der Waals surface area contributed by atoms with Crippen LogP contribution in [0.25, 0.3) is 91.3 Å². The van der Waals surface area contributed by atoms with Crippen molar-refractivity contribution in [3.63, 3.8) is 0 Å². The maximum atomic E-state index is 2.47. The van der Waals surface area contributed by atoms with Crippen LogP contribution >= 0.6 is 11.3 Å². The second-order valence-corrected chi connectivity index (χ2v) is 16.0. The summed E-state index contributed by atoms with van der Waals surface area (Å²) in [5, 5.41) is 10.1. The molecule has 3 heteroatoms. The van der Waals surface area contributed by atoms with E-state index in [1.54, 1.807) is 0 Å². The van der Waals surface area contributed by atoms with Gasteiger partial charge in [0.1, 0.15) is 0 Å². The summed E-state index contributed by atoms with van der Waals surface area (Å²) in [6.45, 7) is 0. The molecule has 266 valence electrons. The third kappa shape index (κ3) is 5.03. The molecule has 0 amide bonds. The molecule has 12 aromatic rings. The number of hydrogen-bond acceptors (Lipinski definition) is 2. The van der Waals surface area contributed by atoms with Crippen LogP contribution < -0.4 is 4.90 Å². The lowest BCUT2D eigenvalue weighted by molar-refractivity contribution is 1.29. The summed E-state index contributed by atoms with van der Waals surface area (Å²) in [5.41, 5.74) is 11.9. The van der Waals surface area contributed by atoms with E-state index in [1.807, 2.05) is 11.3 Å². The SMILES string of the molecule is c1ccc(-c2c3ccccc3n3c2ccc2cccc(-c4ccc(N(c5ccc6c(ccc7ccccc76)c5)c5ccc6sc7ccccc7c6c5)cc4)c23)cc1. The van der Waals surface area contributed by atoms with Gasteiger partial charge in [0.2, 0.25) is 0 Å². The van der Waals surface area contributed by atoms with E-state index in [0.29, 0.717) is 0 Å². The highest BCUT2D eigenvalue weighted by Gasteiger charge is 2.19. The highest BCUT2D eigenvalue weighted by Crippen LogP contribution is 2.44. The van der Waals surface area contributed by atoms with E-state index in [1.165, 1.54) is 91.3 Å². The number of fused-ring (bicyclic) bond motifs is 11. The lowest BCUT2D eigenvalue weighted by Gasteiger charge is -2.26. The fourth-order valence-electron chi connectivity index (χ4n) is 9.14. The van der Waals surface area contributed by atoms with Crippen molar-refractivity contribution in [1.29, 1.82) is 0 Å². The first kappa shape index (κ1) is 32.1. The Kier molecular flexibility index (Phi) is 7.13. The number of thiophene rings is 1. The van der Waals surface area contributed by atoms with Crippen molar-refractivity contribution in [3.8, 4) is 22.3 Å². The van der Waals surface area contributed by atoms with Crippen LogP contribution in [-0.2, 0) is 0 Å². The van der Waals surface area contributed by atoms with Gasteiger partial charge in [-0.2, -0.15) is 0 Å². The molecule has 0 bridgehead atoms. The van der Waals surface area contributed by atoms with E-state index >= 15 is 0 Å². The molecule has 2 nitrogen and oxygen atoms in total. The number of rotatable bonds is 5. The summed E-state index contributed by atoms with van der Waals surface area (Å²) in [6.07, 6.45) is 0. The fraction of sp³-hybridized carbons (Fsp3) is 0. The maximum absolute atomic E-state index is 2.47. The smallest absolute Gasteiger partial charge is 0.0612 e. The van der Waals surface area contributed by atoms with Gasteiger partial charge in [-0.25, -0.2) is 0 Å². The van der Waals surface area contributed by atoms with Crippen molar-refractivity contribution >= 4 is 97.4 Å². The van der Waals surface area contributed by atoms with Gasteiger partial charge in [-0.15, -0.1) is 11.3 Å². The normalized spacial score (nSPS) is 11.9. The van der Waals surface area contributed by atoms with Crippen LogP contribution in [0.4, 0.5) is 17.1 Å². The molecule has 0 aliphatic rings. The number of anilines is 3. The Bertz CT molecular complexity index is 3520. The van der Waals surface area contributed by atoms with Gasteiger partial charge in [0.15, 0.2) is 0 Å². The fourth-order valence-corrected chi connectivity index (χ4v) is 10.2. The molecular weight excluding hydrogens is 709 g/mol. The minimum Gasteiger partial charge on any atom is -0.310 e. The quantitative estimate of drug-likeness (QED) is 0.159. The number of pyridine rings is 1. The van der Waals surface area contributed by atoms with E-state index < -0.39 is 0 Å². The van der Waals surface area contributed by atoms with Gasteiger partial charge < -0.3 is 9.30 Å². The highest BCUT2D eigenvalue weighted by atomic mass is 32.1. The molecule has 3 aromatic heterocycles. The number of aromatic nitrogens is 1. The second kappa shape index (κ2) is 12.7. The summed E-state index contributed by atoms with van der Waals surface area (Å²) in [6, 6.07) is 75.8. The topological polar surface area (TPSA) is 7.65 Å². The number of nitrogens with zero attached hydrogens (tertiary/aromatic N) is 2. The second-order valence-electron chi connectivity index (χ2n) is 14.9. The van der Waals surface area contributed by atoms with E-state index in [9.17, 15) is 0 Å². The molecule has 0 unspecified atom stereocenters. The first-order chi connectivity index (χ1) is 28.3. The molecule has 0 spiro atoms. The Morgan fingerprint density at radius 1 is 0.351 bits per heavy atom. The van der Waals surface area contributed by atoms with Crippen molar-refractivity contribution in [2.45, 2.75) is 0 Å². The third-order valence-electron chi connectivity index (χ3n) is 11.7. The minimum atomic E-state index is 1.11. The Balaban J connectivity index is 1.05. The first-order valence-corrected chi connectivity index (χ1v) is 20.3. The average Bonchev–Trinajstić information content (AvgIpc) is 3.82. The van der Waals surface area contributed by atoms with Crippen LogP contribution in [-0.4, -0.2) is 4.40 Å². The molecule has 0 N–H and O–H groups in total. The number of para-hydroxylation sites is 2. The van der Waals surface area contributed by atoms with Crippen LogP contribution in [0.5, 0.6) is 0 Å². The van der Waals surface area contributed by atoms with Crippen LogP contribution in [0.2, 0.25) is 0 Å². The van der Waals surface area contributed by atoms with Gasteiger partial charge in [0, 0.05) is 53.7 Å². The molecule has 12 rings (SSSR count). The van der Waals surface area contributed by atoms with E-state index in [0.717, 1.165) is 17.1 Å². The molecule has 57 heavy (non-hydrogen) atoms. The highest BCUT2D eigenvalue weighted by molar-refractivity contribution is 7.25. The predicted molar refractivity (Wildman–Crippen MR) is 246 cm³/mol. The van der Waals surface area contributed by atoms with Gasteiger partial charge in [-0.1, -0.05) is 146 Å². The zero-order chi connectivity index (χ0) is 37.5. The van der Waals surface area contributed by atoms with Crippen molar-refractivity contribution in [1.82, 2.24) is 4.40 Å². The molecule has 9 aromatic carbocycles. The molecule has 0 fully saturated rings. The maximum Gasteiger partial charge on any atom is 0.0612 e. The Labute approximate surface area is 333 Å². The Morgan fingerprint density at radius 2 is 1.00 bits per heavy atom. The molecule has 0 saturated carbocycles. The zero-order valence-corrected chi connectivity index (χ0v) is 31.7. The Morgan fingerprint density at radius 3 is 1.89 bits per heavy atom. The van der Waals surface area contributed by atoms with Gasteiger partial charge in [0.05, 0.1) is 16.6 Å². The summed E-state index contributed by atoms with van der Waals surface area (Å²) in [5.74, 6) is 0. The van der Waals surface area contributed by atoms with Gasteiger partial charge in [0.25, 0.3) is 0 Å². The minimum absolute atomic E-state index is 1.11. The molecule has 0 aliphatic heterocycles. The average molecular weight is 743 g/mol. The summed E-state index contributed by atoms with van der Waals surface area (Å²) in [7, 11) is 0. The molecule has 0 aliphatic carbocycles. The monoisotopic (exact) mass is 742 g/mol. The summed E-state index contributed by atoms with van der Waals surface area (Å²) in [4.78, 5) is 2.41. The Hall–Kier alpha value is -7.20. The summed E-state index contributed by atoms with van der Waals surface area (Å²) >= 11 is 1.86. The predicted octanol–water partition coefficient (Wildman–Crippen LogP) is 15.7. The lowest BCUT2D eigenvalue weighted by Crippen LogP contribution is -2.09. The van der Waals surface area contributed by atoms with Crippen LogP contribution in [0.15, 0.2) is 206 Å². The molecule has 3 heterocycles. The first-order valence-electron chi connectivity index (χ1n) is 19.5. The lowest BCUT2D eigenvalue weighted by atomic mass is 9.99. The van der Waals surface area contributed by atoms with Gasteiger partial charge in [-0.05, 0) is 98.7 Å². The van der Waals surface area contributed by atoms with Gasteiger partial charge >= 0.3 is 0 Å². The summed E-state index contributed by atoms with van der Waals surface area (Å²) < 4.78 is 5.09. The van der Waals surface area contributed by atoms with Crippen molar-refractivity contribution in [2.24, 2.45) is 0 Å². The molecule has 0 atom stereocenters. The van der Waals surface area contributed by atoms with E-state index in [4.69, 9.17) is 0 Å². The standard InChI is InChI=1S/C54H34N2S/c1-2-12-37(13-3-1)53-47-17-6-8-19-49(47)56-50(53)31-25-38-14-10-18-45(54(38)56)36-23-26-40(27-24-36)55(42-29-32-52-48(34-42)46-16-7-9-20-51(46)57-52)41-28-30-44-39(33-41)22-21-35-11-4-5-15-43(35)44/h1-34H. The van der Waals surface area contributed by atoms with E-state index in [2.05, 4.69) is 216 Å². The number of benzene rings is 9. The van der Waals surface area contributed by atoms with Crippen LogP contribution in [0.3, 0.4) is 0 Å². The van der Waals surface area contributed by atoms with Crippen LogP contribution in [0, 0.1) is 0 Å². The number of hydrogen-bond donors (Lipinski definition) is 0. The zero-order valence-electron chi connectivity index (χ0n) is 30.9. The molecule has 0 saturated heterocycles. The van der Waals surface area contributed by atoms with Crippen molar-refractivity contribution in [3.05, 3.63) is 206 Å².